The monoisotopic (exact) mass is 478 g/mol. The SMILES string of the molecule is COc1c(-c2c3c(c4ccccc4c2OC)OC(C)(C)C=C3)c2c(c3ccccc13)OC(C)(C)C=C2. The molecule has 0 N–H and O–H groups in total. The molecule has 36 heavy (non-hydrogen) atoms. The zero-order valence-corrected chi connectivity index (χ0v) is 21.6. The zero-order valence-electron chi connectivity index (χ0n) is 21.6. The Kier molecular flexibility index (Phi) is 4.88. The molecular formula is C32H30O4. The molecule has 2 aliphatic heterocycles. The normalized spacial score (nSPS) is 16.7. The Morgan fingerprint density at radius 2 is 0.917 bits per heavy atom. The highest BCUT2D eigenvalue weighted by molar-refractivity contribution is 6.11. The first-order valence-electron chi connectivity index (χ1n) is 12.3. The van der Waals surface area contributed by atoms with Crippen LogP contribution in [0.25, 0.3) is 44.8 Å². The van der Waals surface area contributed by atoms with Crippen molar-refractivity contribution in [3.8, 4) is 34.1 Å². The maximum atomic E-state index is 6.60. The van der Waals surface area contributed by atoms with Crippen LogP contribution in [0, 0.1) is 0 Å². The first-order valence-corrected chi connectivity index (χ1v) is 12.3. The highest BCUT2D eigenvalue weighted by Gasteiger charge is 2.34. The summed E-state index contributed by atoms with van der Waals surface area (Å²) in [5, 5.41) is 4.02. The van der Waals surface area contributed by atoms with Crippen molar-refractivity contribution in [2.45, 2.75) is 38.9 Å². The van der Waals surface area contributed by atoms with Crippen LogP contribution >= 0.6 is 0 Å². The van der Waals surface area contributed by atoms with E-state index in [4.69, 9.17) is 18.9 Å². The average molecular weight is 479 g/mol. The Hall–Kier alpha value is -3.92. The highest BCUT2D eigenvalue weighted by atomic mass is 16.5. The second-order valence-electron chi connectivity index (χ2n) is 10.5. The molecule has 4 nitrogen and oxygen atoms in total. The fourth-order valence-electron chi connectivity index (χ4n) is 5.41. The summed E-state index contributed by atoms with van der Waals surface area (Å²) in [5.41, 5.74) is 2.95. The van der Waals surface area contributed by atoms with Crippen LogP contribution in [0.2, 0.25) is 0 Å². The van der Waals surface area contributed by atoms with Gasteiger partial charge in [-0.15, -0.1) is 0 Å². The van der Waals surface area contributed by atoms with E-state index < -0.39 is 11.2 Å². The molecule has 0 saturated carbocycles. The Morgan fingerprint density at radius 3 is 1.28 bits per heavy atom. The van der Waals surface area contributed by atoms with Crippen molar-refractivity contribution in [3.63, 3.8) is 0 Å². The third kappa shape index (κ3) is 3.28. The Balaban J connectivity index is 1.84. The third-order valence-electron chi connectivity index (χ3n) is 7.01. The summed E-state index contributed by atoms with van der Waals surface area (Å²) >= 11 is 0. The molecule has 0 amide bonds. The molecule has 4 aromatic rings. The molecule has 6 rings (SSSR count). The van der Waals surface area contributed by atoms with Crippen LogP contribution in [-0.2, 0) is 0 Å². The Labute approximate surface area is 211 Å². The summed E-state index contributed by atoms with van der Waals surface area (Å²) < 4.78 is 25.5. The molecule has 0 aromatic heterocycles. The van der Waals surface area contributed by atoms with Gasteiger partial charge in [0.2, 0.25) is 0 Å². The fraction of sp³-hybridized carbons (Fsp3) is 0.250. The van der Waals surface area contributed by atoms with E-state index in [0.29, 0.717) is 0 Å². The summed E-state index contributed by atoms with van der Waals surface area (Å²) in [6, 6.07) is 16.5. The van der Waals surface area contributed by atoms with Gasteiger partial charge in [0.05, 0.1) is 14.2 Å². The minimum atomic E-state index is -0.429. The first-order chi connectivity index (χ1) is 17.2. The van der Waals surface area contributed by atoms with Gasteiger partial charge in [-0.05, 0) is 39.8 Å². The van der Waals surface area contributed by atoms with Gasteiger partial charge >= 0.3 is 0 Å². The molecule has 0 atom stereocenters. The van der Waals surface area contributed by atoms with Gasteiger partial charge in [0.15, 0.2) is 0 Å². The van der Waals surface area contributed by atoms with Gasteiger partial charge in [-0.25, -0.2) is 0 Å². The number of methoxy groups -OCH3 is 2. The Bertz CT molecular complexity index is 1480. The van der Waals surface area contributed by atoms with Gasteiger partial charge in [-0.3, -0.25) is 0 Å². The van der Waals surface area contributed by atoms with E-state index in [2.05, 4.69) is 76.3 Å². The van der Waals surface area contributed by atoms with Crippen LogP contribution in [-0.4, -0.2) is 25.4 Å². The standard InChI is InChI=1S/C32H30O4/c1-31(2)17-15-23-25(29(33-5)21-13-9-7-11-19(21)27(23)35-31)26-24-16-18-32(3,4)36-28(24)20-12-8-10-14-22(20)30(26)34-6/h7-18H,1-6H3. The zero-order chi connectivity index (χ0) is 25.2. The van der Waals surface area contributed by atoms with Gasteiger partial charge < -0.3 is 18.9 Å². The lowest BCUT2D eigenvalue weighted by molar-refractivity contribution is 0.161. The maximum absolute atomic E-state index is 6.60. The molecule has 2 aliphatic rings. The summed E-state index contributed by atoms with van der Waals surface area (Å²) in [5.74, 6) is 3.26. The number of hydrogen-bond acceptors (Lipinski definition) is 4. The maximum Gasteiger partial charge on any atom is 0.136 e. The molecule has 0 fully saturated rings. The lowest BCUT2D eigenvalue weighted by Crippen LogP contribution is -2.28. The molecule has 2 heterocycles. The summed E-state index contributed by atoms with van der Waals surface area (Å²) in [6.45, 7) is 8.29. The fourth-order valence-corrected chi connectivity index (χ4v) is 5.41. The van der Waals surface area contributed by atoms with Crippen molar-refractivity contribution in [2.24, 2.45) is 0 Å². The van der Waals surface area contributed by atoms with E-state index >= 15 is 0 Å². The van der Waals surface area contributed by atoms with E-state index in [0.717, 1.165) is 66.8 Å². The summed E-state index contributed by atoms with van der Waals surface area (Å²) in [6.07, 6.45) is 8.51. The average Bonchev–Trinajstić information content (AvgIpc) is 2.86. The molecule has 4 aromatic carbocycles. The van der Waals surface area contributed by atoms with Crippen molar-refractivity contribution < 1.29 is 18.9 Å². The predicted molar refractivity (Wildman–Crippen MR) is 147 cm³/mol. The molecule has 4 heteroatoms. The van der Waals surface area contributed by atoms with E-state index in [1.807, 2.05) is 24.3 Å². The van der Waals surface area contributed by atoms with Crippen molar-refractivity contribution in [1.29, 1.82) is 0 Å². The lowest BCUT2D eigenvalue weighted by Gasteiger charge is -2.34. The van der Waals surface area contributed by atoms with Gasteiger partial charge in [0.1, 0.15) is 34.2 Å². The van der Waals surface area contributed by atoms with Crippen molar-refractivity contribution in [2.75, 3.05) is 14.2 Å². The van der Waals surface area contributed by atoms with Gasteiger partial charge in [-0.1, -0.05) is 60.7 Å². The van der Waals surface area contributed by atoms with E-state index in [9.17, 15) is 0 Å². The number of rotatable bonds is 3. The van der Waals surface area contributed by atoms with Crippen LogP contribution < -0.4 is 18.9 Å². The third-order valence-corrected chi connectivity index (χ3v) is 7.01. The van der Waals surface area contributed by atoms with E-state index in [1.165, 1.54) is 0 Å². The molecule has 0 unspecified atom stereocenters. The van der Waals surface area contributed by atoms with Crippen LogP contribution in [0.4, 0.5) is 0 Å². The Morgan fingerprint density at radius 1 is 0.556 bits per heavy atom. The minimum Gasteiger partial charge on any atom is -0.495 e. The minimum absolute atomic E-state index is 0.429. The molecule has 0 bridgehead atoms. The summed E-state index contributed by atoms with van der Waals surface area (Å²) in [7, 11) is 3.45. The molecule has 0 radical (unpaired) electrons. The van der Waals surface area contributed by atoms with Crippen LogP contribution in [0.3, 0.4) is 0 Å². The molecule has 0 spiro atoms. The quantitative estimate of drug-likeness (QED) is 0.298. The van der Waals surface area contributed by atoms with Gasteiger partial charge in [-0.2, -0.15) is 0 Å². The molecule has 182 valence electrons. The summed E-state index contributed by atoms with van der Waals surface area (Å²) in [4.78, 5) is 0. The molecule has 0 aliphatic carbocycles. The van der Waals surface area contributed by atoms with Crippen LogP contribution in [0.5, 0.6) is 23.0 Å². The van der Waals surface area contributed by atoms with Crippen LogP contribution in [0.1, 0.15) is 38.8 Å². The number of ether oxygens (including phenoxy) is 4. The molecular weight excluding hydrogens is 448 g/mol. The van der Waals surface area contributed by atoms with Gasteiger partial charge in [0, 0.05) is 43.8 Å². The number of hydrogen-bond donors (Lipinski definition) is 0. The lowest BCUT2D eigenvalue weighted by atomic mass is 9.84. The second-order valence-corrected chi connectivity index (χ2v) is 10.5. The van der Waals surface area contributed by atoms with E-state index in [-0.39, 0.29) is 0 Å². The highest BCUT2D eigenvalue weighted by Crippen LogP contribution is 2.56. The van der Waals surface area contributed by atoms with E-state index in [1.54, 1.807) is 14.2 Å². The first kappa shape index (κ1) is 22.5. The molecule has 0 saturated heterocycles. The largest absolute Gasteiger partial charge is 0.495 e. The van der Waals surface area contributed by atoms with Crippen molar-refractivity contribution in [3.05, 3.63) is 71.8 Å². The predicted octanol–water partition coefficient (Wildman–Crippen LogP) is 8.05. The van der Waals surface area contributed by atoms with Crippen molar-refractivity contribution >= 4 is 33.7 Å². The number of benzene rings is 4. The van der Waals surface area contributed by atoms with Crippen LogP contribution in [0.15, 0.2) is 60.7 Å². The number of fused-ring (bicyclic) bond motifs is 6. The van der Waals surface area contributed by atoms with Gasteiger partial charge in [0.25, 0.3) is 0 Å². The van der Waals surface area contributed by atoms with Crippen molar-refractivity contribution in [1.82, 2.24) is 0 Å². The topological polar surface area (TPSA) is 36.9 Å². The second kappa shape index (κ2) is 7.79. The smallest absolute Gasteiger partial charge is 0.136 e.